The Balaban J connectivity index is 3.44. The summed E-state index contributed by atoms with van der Waals surface area (Å²) >= 11 is 0. The third-order valence-electron chi connectivity index (χ3n) is 2.56. The summed E-state index contributed by atoms with van der Waals surface area (Å²) in [7, 11) is 1.15. The largest absolute Gasteiger partial charge is 0.465 e. The lowest BCUT2D eigenvalue weighted by Crippen LogP contribution is -2.19. The minimum atomic E-state index is -4.47. The predicted octanol–water partition coefficient (Wildman–Crippen LogP) is 3.79. The van der Waals surface area contributed by atoms with Crippen LogP contribution in [0.2, 0.25) is 0 Å². The second-order valence-corrected chi connectivity index (χ2v) is 5.00. The SMILES string of the molecule is COC(=O)c1cc(C(F)(F)F)ccc1C(C)(C)C. The maximum absolute atomic E-state index is 12.6. The molecule has 2 nitrogen and oxygen atoms in total. The standard InChI is InChI=1S/C13H15F3O2/c1-12(2,3)10-6-5-8(13(14,15)16)7-9(10)11(17)18-4/h5-7H,1-4H3. The Morgan fingerprint density at radius 3 is 2.11 bits per heavy atom. The van der Waals surface area contributed by atoms with Crippen LogP contribution in [0.15, 0.2) is 18.2 Å². The van der Waals surface area contributed by atoms with E-state index in [1.165, 1.54) is 6.07 Å². The molecule has 0 radical (unpaired) electrons. The number of esters is 1. The van der Waals surface area contributed by atoms with Crippen LogP contribution < -0.4 is 0 Å². The number of ether oxygens (including phenoxy) is 1. The first-order valence-electron chi connectivity index (χ1n) is 5.37. The fraction of sp³-hybridized carbons (Fsp3) is 0.462. The zero-order chi connectivity index (χ0) is 14.1. The van der Waals surface area contributed by atoms with Gasteiger partial charge in [-0.1, -0.05) is 26.8 Å². The Labute approximate surface area is 104 Å². The van der Waals surface area contributed by atoms with Crippen molar-refractivity contribution in [3.63, 3.8) is 0 Å². The van der Waals surface area contributed by atoms with Gasteiger partial charge in [-0.25, -0.2) is 4.79 Å². The second kappa shape index (κ2) is 4.63. The lowest BCUT2D eigenvalue weighted by molar-refractivity contribution is -0.137. The Morgan fingerprint density at radius 1 is 1.17 bits per heavy atom. The van der Waals surface area contributed by atoms with Crippen molar-refractivity contribution in [3.05, 3.63) is 34.9 Å². The minimum Gasteiger partial charge on any atom is -0.465 e. The smallest absolute Gasteiger partial charge is 0.416 e. The van der Waals surface area contributed by atoms with Crippen molar-refractivity contribution >= 4 is 5.97 Å². The van der Waals surface area contributed by atoms with Crippen molar-refractivity contribution in [3.8, 4) is 0 Å². The van der Waals surface area contributed by atoms with E-state index < -0.39 is 23.1 Å². The van der Waals surface area contributed by atoms with E-state index in [-0.39, 0.29) is 5.56 Å². The van der Waals surface area contributed by atoms with Crippen molar-refractivity contribution in [2.24, 2.45) is 0 Å². The number of benzene rings is 1. The molecule has 0 aliphatic rings. The summed E-state index contributed by atoms with van der Waals surface area (Å²) in [4.78, 5) is 11.6. The van der Waals surface area contributed by atoms with E-state index in [0.29, 0.717) is 5.56 Å². The highest BCUT2D eigenvalue weighted by Gasteiger charge is 2.33. The lowest BCUT2D eigenvalue weighted by atomic mass is 9.83. The second-order valence-electron chi connectivity index (χ2n) is 5.00. The Kier molecular flexibility index (Phi) is 3.74. The zero-order valence-corrected chi connectivity index (χ0v) is 10.7. The highest BCUT2D eigenvalue weighted by atomic mass is 19.4. The van der Waals surface area contributed by atoms with E-state index in [4.69, 9.17) is 0 Å². The number of hydrogen-bond acceptors (Lipinski definition) is 2. The summed E-state index contributed by atoms with van der Waals surface area (Å²) in [5.41, 5.74) is -0.800. The maximum atomic E-state index is 12.6. The van der Waals surface area contributed by atoms with Crippen molar-refractivity contribution < 1.29 is 22.7 Å². The zero-order valence-electron chi connectivity index (χ0n) is 10.7. The molecule has 0 fully saturated rings. The molecule has 18 heavy (non-hydrogen) atoms. The molecule has 0 atom stereocenters. The Hall–Kier alpha value is -1.52. The van der Waals surface area contributed by atoms with Crippen LogP contribution in [-0.4, -0.2) is 13.1 Å². The van der Waals surface area contributed by atoms with Crippen LogP contribution >= 0.6 is 0 Å². The third-order valence-corrected chi connectivity index (χ3v) is 2.56. The summed E-state index contributed by atoms with van der Waals surface area (Å²) in [6, 6.07) is 3.15. The molecule has 1 rings (SSSR count). The van der Waals surface area contributed by atoms with E-state index in [1.54, 1.807) is 0 Å². The number of alkyl halides is 3. The highest BCUT2D eigenvalue weighted by molar-refractivity contribution is 5.91. The average Bonchev–Trinajstić information content (AvgIpc) is 2.24. The Morgan fingerprint density at radius 2 is 1.72 bits per heavy atom. The van der Waals surface area contributed by atoms with Crippen molar-refractivity contribution in [2.45, 2.75) is 32.4 Å². The van der Waals surface area contributed by atoms with Crippen molar-refractivity contribution in [2.75, 3.05) is 7.11 Å². The number of rotatable bonds is 1. The van der Waals surface area contributed by atoms with Gasteiger partial charge < -0.3 is 4.74 Å². The van der Waals surface area contributed by atoms with Gasteiger partial charge in [0, 0.05) is 0 Å². The molecule has 0 spiro atoms. The molecule has 0 bridgehead atoms. The molecule has 1 aromatic rings. The molecule has 5 heteroatoms. The fourth-order valence-electron chi connectivity index (χ4n) is 1.65. The molecule has 100 valence electrons. The van der Waals surface area contributed by atoms with E-state index in [0.717, 1.165) is 19.2 Å². The van der Waals surface area contributed by atoms with Gasteiger partial charge in [-0.05, 0) is 23.1 Å². The molecule has 0 saturated heterocycles. The van der Waals surface area contributed by atoms with Gasteiger partial charge in [-0.2, -0.15) is 13.2 Å². The van der Waals surface area contributed by atoms with Crippen molar-refractivity contribution in [1.29, 1.82) is 0 Å². The monoisotopic (exact) mass is 260 g/mol. The summed E-state index contributed by atoms with van der Waals surface area (Å²) in [6.45, 7) is 5.46. The topological polar surface area (TPSA) is 26.3 Å². The van der Waals surface area contributed by atoms with Gasteiger partial charge in [0.1, 0.15) is 0 Å². The molecule has 0 N–H and O–H groups in total. The summed E-state index contributed by atoms with van der Waals surface area (Å²) in [5, 5.41) is 0. The van der Waals surface area contributed by atoms with Gasteiger partial charge in [-0.3, -0.25) is 0 Å². The van der Waals surface area contributed by atoms with Gasteiger partial charge in [0.2, 0.25) is 0 Å². The summed E-state index contributed by atoms with van der Waals surface area (Å²) < 4.78 is 42.4. The van der Waals surface area contributed by atoms with Gasteiger partial charge in [0.05, 0.1) is 18.2 Å². The first kappa shape index (κ1) is 14.5. The van der Waals surface area contributed by atoms with Crippen LogP contribution in [0.3, 0.4) is 0 Å². The van der Waals surface area contributed by atoms with Crippen LogP contribution in [-0.2, 0) is 16.3 Å². The molecule has 1 aromatic carbocycles. The molecule has 0 aliphatic heterocycles. The lowest BCUT2D eigenvalue weighted by Gasteiger charge is -2.23. The number of methoxy groups -OCH3 is 1. The first-order chi connectivity index (χ1) is 8.07. The maximum Gasteiger partial charge on any atom is 0.416 e. The van der Waals surface area contributed by atoms with Crippen LogP contribution in [0.5, 0.6) is 0 Å². The molecule has 0 saturated carbocycles. The number of halogens is 3. The van der Waals surface area contributed by atoms with Crippen LogP contribution in [0.1, 0.15) is 42.3 Å². The van der Waals surface area contributed by atoms with Crippen LogP contribution in [0.4, 0.5) is 13.2 Å². The average molecular weight is 260 g/mol. The predicted molar refractivity (Wildman–Crippen MR) is 61.5 cm³/mol. The van der Waals surface area contributed by atoms with Crippen LogP contribution in [0, 0.1) is 0 Å². The number of carbonyl (C=O) groups excluding carboxylic acids is 1. The molecular weight excluding hydrogens is 245 g/mol. The highest BCUT2D eigenvalue weighted by Crippen LogP contribution is 2.34. The van der Waals surface area contributed by atoms with E-state index >= 15 is 0 Å². The Bertz CT molecular complexity index is 456. The van der Waals surface area contributed by atoms with Crippen molar-refractivity contribution in [1.82, 2.24) is 0 Å². The fourth-order valence-corrected chi connectivity index (χ4v) is 1.65. The van der Waals surface area contributed by atoms with E-state index in [2.05, 4.69) is 4.74 Å². The van der Waals surface area contributed by atoms with E-state index in [9.17, 15) is 18.0 Å². The molecule has 0 heterocycles. The minimum absolute atomic E-state index is 0.0418. The van der Waals surface area contributed by atoms with Gasteiger partial charge in [-0.15, -0.1) is 0 Å². The molecular formula is C13H15F3O2. The molecule has 0 amide bonds. The van der Waals surface area contributed by atoms with Gasteiger partial charge in [0.25, 0.3) is 0 Å². The summed E-state index contributed by atoms with van der Waals surface area (Å²) in [6.07, 6.45) is -4.47. The first-order valence-corrected chi connectivity index (χ1v) is 5.37. The van der Waals surface area contributed by atoms with Gasteiger partial charge in [0.15, 0.2) is 0 Å². The van der Waals surface area contributed by atoms with Crippen LogP contribution in [0.25, 0.3) is 0 Å². The number of carbonyl (C=O) groups is 1. The molecule has 0 aromatic heterocycles. The van der Waals surface area contributed by atoms with Gasteiger partial charge >= 0.3 is 12.1 Å². The quantitative estimate of drug-likeness (QED) is 0.718. The summed E-state index contributed by atoms with van der Waals surface area (Å²) in [5.74, 6) is -0.758. The molecule has 0 aliphatic carbocycles. The normalized spacial score (nSPS) is 12.4. The molecule has 0 unspecified atom stereocenters. The third kappa shape index (κ3) is 3.03. The van der Waals surface area contributed by atoms with E-state index in [1.807, 2.05) is 20.8 Å². The number of hydrogen-bond donors (Lipinski definition) is 0.